The Hall–Kier alpha value is -2.14. The number of para-hydroxylation sites is 1. The van der Waals surface area contributed by atoms with Crippen molar-refractivity contribution < 1.29 is 9.21 Å². The summed E-state index contributed by atoms with van der Waals surface area (Å²) in [5.41, 5.74) is 8.47. The Morgan fingerprint density at radius 3 is 2.86 bits per heavy atom. The minimum Gasteiger partial charge on any atom is -0.436 e. The molecule has 5 nitrogen and oxygen atoms in total. The van der Waals surface area contributed by atoms with Crippen molar-refractivity contribution in [3.8, 4) is 0 Å². The molecular formula is C16H19N3O2. The van der Waals surface area contributed by atoms with Crippen molar-refractivity contribution in [2.24, 2.45) is 5.73 Å². The zero-order valence-electron chi connectivity index (χ0n) is 12.3. The van der Waals surface area contributed by atoms with Crippen molar-refractivity contribution in [3.05, 3.63) is 47.2 Å². The van der Waals surface area contributed by atoms with E-state index in [4.69, 9.17) is 10.2 Å². The third-order valence-electron chi connectivity index (χ3n) is 3.93. The number of hydrogen-bond acceptors (Lipinski definition) is 4. The Morgan fingerprint density at radius 2 is 2.19 bits per heavy atom. The lowest BCUT2D eigenvalue weighted by atomic mass is 9.98. The molecule has 1 amide bonds. The second-order valence-electron chi connectivity index (χ2n) is 5.40. The molecule has 1 aliphatic heterocycles. The Morgan fingerprint density at radius 1 is 1.43 bits per heavy atom. The van der Waals surface area contributed by atoms with Gasteiger partial charge in [-0.2, -0.15) is 0 Å². The standard InChI is InChI=1S/C16H19N3O2/c1-10-15(21-11(2)18-10)16(20)19-9-12(7-8-17)13-5-3-4-6-14(13)19/h3-6,12H,7-9,17H2,1-2H3. The van der Waals surface area contributed by atoms with E-state index in [2.05, 4.69) is 11.1 Å². The number of oxazole rings is 1. The van der Waals surface area contributed by atoms with Crippen molar-refractivity contribution in [2.45, 2.75) is 26.2 Å². The lowest BCUT2D eigenvalue weighted by molar-refractivity contribution is 0.0959. The van der Waals surface area contributed by atoms with Crippen LogP contribution >= 0.6 is 0 Å². The molecule has 110 valence electrons. The van der Waals surface area contributed by atoms with E-state index in [0.29, 0.717) is 36.4 Å². The van der Waals surface area contributed by atoms with Crippen LogP contribution in [0.4, 0.5) is 5.69 Å². The Bertz CT molecular complexity index is 678. The van der Waals surface area contributed by atoms with E-state index in [-0.39, 0.29) is 5.91 Å². The van der Waals surface area contributed by atoms with Crippen LogP contribution in [0.2, 0.25) is 0 Å². The molecule has 2 aromatic rings. The van der Waals surface area contributed by atoms with Crippen LogP contribution in [0.3, 0.4) is 0 Å². The molecule has 21 heavy (non-hydrogen) atoms. The minimum atomic E-state index is -0.125. The van der Waals surface area contributed by atoms with Crippen molar-refractivity contribution in [3.63, 3.8) is 0 Å². The fourth-order valence-electron chi connectivity index (χ4n) is 2.99. The van der Waals surface area contributed by atoms with Gasteiger partial charge in [0.1, 0.15) is 0 Å². The van der Waals surface area contributed by atoms with Crippen molar-refractivity contribution in [2.75, 3.05) is 18.0 Å². The summed E-state index contributed by atoms with van der Waals surface area (Å²) in [5, 5.41) is 0. The summed E-state index contributed by atoms with van der Waals surface area (Å²) in [6.45, 7) is 4.80. The van der Waals surface area contributed by atoms with Crippen LogP contribution in [-0.2, 0) is 0 Å². The van der Waals surface area contributed by atoms with E-state index in [0.717, 1.165) is 12.1 Å². The summed E-state index contributed by atoms with van der Waals surface area (Å²) in [4.78, 5) is 18.7. The largest absolute Gasteiger partial charge is 0.436 e. The van der Waals surface area contributed by atoms with Gasteiger partial charge in [-0.15, -0.1) is 0 Å². The smallest absolute Gasteiger partial charge is 0.296 e. The molecule has 1 aliphatic rings. The number of nitrogens with zero attached hydrogens (tertiary/aromatic N) is 2. The highest BCUT2D eigenvalue weighted by Gasteiger charge is 2.34. The third-order valence-corrected chi connectivity index (χ3v) is 3.93. The predicted molar refractivity (Wildman–Crippen MR) is 80.5 cm³/mol. The molecule has 3 rings (SSSR count). The van der Waals surface area contributed by atoms with Crippen LogP contribution < -0.4 is 10.6 Å². The first-order valence-electron chi connectivity index (χ1n) is 7.16. The zero-order valence-corrected chi connectivity index (χ0v) is 12.3. The van der Waals surface area contributed by atoms with Crippen molar-refractivity contribution in [1.82, 2.24) is 4.98 Å². The number of rotatable bonds is 3. The highest BCUT2D eigenvalue weighted by molar-refractivity contribution is 6.06. The van der Waals surface area contributed by atoms with Gasteiger partial charge in [-0.3, -0.25) is 4.79 Å². The number of nitrogens with two attached hydrogens (primary N) is 1. The maximum atomic E-state index is 12.8. The molecule has 1 unspecified atom stereocenters. The van der Waals surface area contributed by atoms with Crippen LogP contribution in [-0.4, -0.2) is 24.0 Å². The number of aryl methyl sites for hydroxylation is 2. The van der Waals surface area contributed by atoms with Crippen LogP contribution in [0.25, 0.3) is 0 Å². The fourth-order valence-corrected chi connectivity index (χ4v) is 2.99. The highest BCUT2D eigenvalue weighted by atomic mass is 16.4. The monoisotopic (exact) mass is 285 g/mol. The summed E-state index contributed by atoms with van der Waals surface area (Å²) in [5.74, 6) is 1.01. The average molecular weight is 285 g/mol. The minimum absolute atomic E-state index is 0.125. The van der Waals surface area contributed by atoms with Gasteiger partial charge in [0.15, 0.2) is 5.89 Å². The van der Waals surface area contributed by atoms with Gasteiger partial charge in [-0.05, 0) is 31.5 Å². The van der Waals surface area contributed by atoms with Crippen molar-refractivity contribution >= 4 is 11.6 Å². The van der Waals surface area contributed by atoms with Crippen LogP contribution in [0.1, 0.15) is 40.0 Å². The molecule has 0 saturated heterocycles. The maximum Gasteiger partial charge on any atom is 0.296 e. The zero-order chi connectivity index (χ0) is 15.0. The van der Waals surface area contributed by atoms with Gasteiger partial charge < -0.3 is 15.1 Å². The van der Waals surface area contributed by atoms with Crippen LogP contribution in [0.5, 0.6) is 0 Å². The molecular weight excluding hydrogens is 266 g/mol. The topological polar surface area (TPSA) is 72.4 Å². The molecule has 1 aromatic heterocycles. The van der Waals surface area contributed by atoms with Gasteiger partial charge in [0.25, 0.3) is 5.91 Å². The van der Waals surface area contributed by atoms with E-state index >= 15 is 0 Å². The van der Waals surface area contributed by atoms with Gasteiger partial charge in [0, 0.05) is 25.1 Å². The molecule has 0 aliphatic carbocycles. The average Bonchev–Trinajstić information content (AvgIpc) is 3.00. The SMILES string of the molecule is Cc1nc(C)c(C(=O)N2CC(CCN)c3ccccc32)o1. The quantitative estimate of drug-likeness (QED) is 0.939. The van der Waals surface area contributed by atoms with E-state index in [1.807, 2.05) is 18.2 Å². The number of amides is 1. The maximum absolute atomic E-state index is 12.8. The highest BCUT2D eigenvalue weighted by Crippen LogP contribution is 2.38. The predicted octanol–water partition coefficient (Wildman–Crippen LogP) is 2.38. The molecule has 0 bridgehead atoms. The molecule has 0 fully saturated rings. The first-order valence-corrected chi connectivity index (χ1v) is 7.16. The number of carbonyl (C=O) groups excluding carboxylic acids is 1. The second kappa shape index (κ2) is 5.33. The number of aromatic nitrogens is 1. The number of benzene rings is 1. The normalized spacial score (nSPS) is 17.1. The number of fused-ring (bicyclic) bond motifs is 1. The lowest BCUT2D eigenvalue weighted by Gasteiger charge is -2.16. The third kappa shape index (κ3) is 2.34. The molecule has 1 atom stereocenters. The van der Waals surface area contributed by atoms with Gasteiger partial charge in [-0.1, -0.05) is 18.2 Å². The Labute approximate surface area is 123 Å². The van der Waals surface area contributed by atoms with Gasteiger partial charge >= 0.3 is 0 Å². The number of hydrogen-bond donors (Lipinski definition) is 1. The lowest BCUT2D eigenvalue weighted by Crippen LogP contribution is -2.30. The van der Waals surface area contributed by atoms with Crippen LogP contribution in [0, 0.1) is 13.8 Å². The summed E-state index contributed by atoms with van der Waals surface area (Å²) in [7, 11) is 0. The Balaban J connectivity index is 1.96. The molecule has 1 aromatic carbocycles. The first kappa shape index (κ1) is 13.8. The Kier molecular flexibility index (Phi) is 3.51. The van der Waals surface area contributed by atoms with Crippen molar-refractivity contribution in [1.29, 1.82) is 0 Å². The first-order chi connectivity index (χ1) is 10.1. The molecule has 5 heteroatoms. The molecule has 0 radical (unpaired) electrons. The van der Waals surface area contributed by atoms with Gasteiger partial charge in [0.2, 0.25) is 5.76 Å². The second-order valence-corrected chi connectivity index (χ2v) is 5.40. The van der Waals surface area contributed by atoms with E-state index in [1.165, 1.54) is 5.56 Å². The van der Waals surface area contributed by atoms with E-state index in [1.54, 1.807) is 18.7 Å². The number of carbonyl (C=O) groups is 1. The number of anilines is 1. The summed E-state index contributed by atoms with van der Waals surface area (Å²) >= 11 is 0. The van der Waals surface area contributed by atoms with Gasteiger partial charge in [-0.25, -0.2) is 4.98 Å². The molecule has 0 saturated carbocycles. The molecule has 0 spiro atoms. The van der Waals surface area contributed by atoms with Gasteiger partial charge in [0.05, 0.1) is 5.69 Å². The summed E-state index contributed by atoms with van der Waals surface area (Å²) < 4.78 is 5.47. The molecule has 2 heterocycles. The summed E-state index contributed by atoms with van der Waals surface area (Å²) in [6.07, 6.45) is 0.870. The fraction of sp³-hybridized carbons (Fsp3) is 0.375. The van der Waals surface area contributed by atoms with Crippen LogP contribution in [0.15, 0.2) is 28.7 Å². The molecule has 2 N–H and O–H groups in total. The van der Waals surface area contributed by atoms with E-state index < -0.39 is 0 Å². The summed E-state index contributed by atoms with van der Waals surface area (Å²) in [6, 6.07) is 7.99. The van der Waals surface area contributed by atoms with E-state index in [9.17, 15) is 4.79 Å².